The molecule has 2 heterocycles. The highest BCUT2D eigenvalue weighted by Crippen LogP contribution is 2.16. The molecule has 0 radical (unpaired) electrons. The van der Waals surface area contributed by atoms with Crippen LogP contribution in [0.1, 0.15) is 28.2 Å². The van der Waals surface area contributed by atoms with Crippen molar-refractivity contribution in [1.29, 1.82) is 0 Å². The lowest BCUT2D eigenvalue weighted by atomic mass is 10.1. The lowest BCUT2D eigenvalue weighted by Crippen LogP contribution is -2.09. The number of carbonyl (C=O) groups excluding carboxylic acids is 1. The molecule has 6 heteroatoms. The van der Waals surface area contributed by atoms with E-state index in [1.807, 2.05) is 63.4 Å². The van der Waals surface area contributed by atoms with E-state index in [1.54, 1.807) is 10.9 Å². The molecule has 0 fully saturated rings. The van der Waals surface area contributed by atoms with E-state index in [0.29, 0.717) is 6.61 Å². The van der Waals surface area contributed by atoms with E-state index < -0.39 is 0 Å². The summed E-state index contributed by atoms with van der Waals surface area (Å²) < 4.78 is 12.9. The van der Waals surface area contributed by atoms with Gasteiger partial charge in [-0.15, -0.1) is 0 Å². The molecule has 0 bridgehead atoms. The quantitative estimate of drug-likeness (QED) is 0.601. The zero-order valence-corrected chi connectivity index (χ0v) is 15.8. The van der Waals surface area contributed by atoms with Crippen LogP contribution >= 0.6 is 0 Å². The normalized spacial score (nSPS) is 10.6. The molecule has 0 N–H and O–H groups in total. The number of carbonyl (C=O) groups is 1. The van der Waals surface area contributed by atoms with E-state index in [2.05, 4.69) is 10.1 Å². The minimum absolute atomic E-state index is 0.233. The molecule has 2 aromatic heterocycles. The van der Waals surface area contributed by atoms with E-state index in [1.165, 1.54) is 0 Å². The molecule has 3 rings (SSSR count). The highest BCUT2D eigenvalue weighted by Gasteiger charge is 2.14. The van der Waals surface area contributed by atoms with Gasteiger partial charge in [0, 0.05) is 24.5 Å². The summed E-state index contributed by atoms with van der Waals surface area (Å²) >= 11 is 0. The van der Waals surface area contributed by atoms with Crippen LogP contribution in [0.25, 0.3) is 0 Å². The van der Waals surface area contributed by atoms with Gasteiger partial charge in [0.1, 0.15) is 19.0 Å². The third kappa shape index (κ3) is 4.94. The SMILES string of the molecule is Cc1nn(C)c(C)c1CC(=O)OCc1ccc(OCc2ccccn2)cc1. The molecule has 27 heavy (non-hydrogen) atoms. The van der Waals surface area contributed by atoms with Crippen LogP contribution in [0.4, 0.5) is 0 Å². The predicted octanol–water partition coefficient (Wildman–Crippen LogP) is 3.30. The molecular weight excluding hydrogens is 342 g/mol. The molecule has 6 nitrogen and oxygen atoms in total. The number of aryl methyl sites for hydroxylation is 2. The topological polar surface area (TPSA) is 66.2 Å². The van der Waals surface area contributed by atoms with E-state index in [4.69, 9.17) is 9.47 Å². The monoisotopic (exact) mass is 365 g/mol. The van der Waals surface area contributed by atoms with Crippen molar-refractivity contribution in [3.8, 4) is 5.75 Å². The van der Waals surface area contributed by atoms with Crippen molar-refractivity contribution in [1.82, 2.24) is 14.8 Å². The number of aromatic nitrogens is 3. The zero-order chi connectivity index (χ0) is 19.2. The van der Waals surface area contributed by atoms with Crippen LogP contribution in [0, 0.1) is 13.8 Å². The Kier molecular flexibility index (Phi) is 5.86. The maximum absolute atomic E-state index is 12.1. The lowest BCUT2D eigenvalue weighted by Gasteiger charge is -2.08. The summed E-state index contributed by atoms with van der Waals surface area (Å²) in [5.41, 5.74) is 4.56. The first-order valence-electron chi connectivity index (χ1n) is 8.79. The molecule has 0 atom stereocenters. The fourth-order valence-corrected chi connectivity index (χ4v) is 2.76. The molecule has 0 saturated heterocycles. The average Bonchev–Trinajstić information content (AvgIpc) is 2.92. The molecule has 140 valence electrons. The van der Waals surface area contributed by atoms with Crippen molar-refractivity contribution >= 4 is 5.97 Å². The number of benzene rings is 1. The van der Waals surface area contributed by atoms with Gasteiger partial charge in [-0.3, -0.25) is 14.5 Å². The van der Waals surface area contributed by atoms with Crippen LogP contribution in [0.5, 0.6) is 5.75 Å². The van der Waals surface area contributed by atoms with E-state index in [-0.39, 0.29) is 19.0 Å². The maximum Gasteiger partial charge on any atom is 0.310 e. The lowest BCUT2D eigenvalue weighted by molar-refractivity contribution is -0.144. The van der Waals surface area contributed by atoms with Gasteiger partial charge >= 0.3 is 5.97 Å². The molecule has 0 spiro atoms. The Bertz CT molecular complexity index is 902. The third-order valence-corrected chi connectivity index (χ3v) is 4.42. The highest BCUT2D eigenvalue weighted by atomic mass is 16.5. The first kappa shape index (κ1) is 18.6. The second-order valence-corrected chi connectivity index (χ2v) is 6.36. The molecule has 0 aliphatic carbocycles. The van der Waals surface area contributed by atoms with E-state index in [9.17, 15) is 4.79 Å². The van der Waals surface area contributed by atoms with Crippen molar-refractivity contribution < 1.29 is 14.3 Å². The van der Waals surface area contributed by atoms with Gasteiger partial charge in [0.05, 0.1) is 17.8 Å². The van der Waals surface area contributed by atoms with Gasteiger partial charge in [0.15, 0.2) is 0 Å². The maximum atomic E-state index is 12.1. The summed E-state index contributed by atoms with van der Waals surface area (Å²) in [5, 5.41) is 4.32. The summed E-state index contributed by atoms with van der Waals surface area (Å²) in [4.78, 5) is 16.4. The first-order chi connectivity index (χ1) is 13.0. The van der Waals surface area contributed by atoms with Crippen LogP contribution in [0.15, 0.2) is 48.7 Å². The van der Waals surface area contributed by atoms with Crippen LogP contribution in [-0.4, -0.2) is 20.7 Å². The second kappa shape index (κ2) is 8.49. The Hall–Kier alpha value is -3.15. The third-order valence-electron chi connectivity index (χ3n) is 4.42. The molecule has 0 unspecified atom stereocenters. The zero-order valence-electron chi connectivity index (χ0n) is 15.8. The van der Waals surface area contributed by atoms with E-state index in [0.717, 1.165) is 34.0 Å². The van der Waals surface area contributed by atoms with Crippen LogP contribution < -0.4 is 4.74 Å². The Balaban J connectivity index is 1.49. The van der Waals surface area contributed by atoms with Crippen molar-refractivity contribution in [3.05, 3.63) is 76.9 Å². The van der Waals surface area contributed by atoms with E-state index >= 15 is 0 Å². The van der Waals surface area contributed by atoms with Crippen molar-refractivity contribution in [2.75, 3.05) is 0 Å². The minimum Gasteiger partial charge on any atom is -0.487 e. The first-order valence-corrected chi connectivity index (χ1v) is 8.79. The van der Waals surface area contributed by atoms with Gasteiger partial charge in [-0.25, -0.2) is 0 Å². The fourth-order valence-electron chi connectivity index (χ4n) is 2.76. The van der Waals surface area contributed by atoms with Crippen molar-refractivity contribution in [3.63, 3.8) is 0 Å². The van der Waals surface area contributed by atoms with Crippen molar-refractivity contribution in [2.45, 2.75) is 33.5 Å². The Morgan fingerprint density at radius 3 is 2.48 bits per heavy atom. The number of esters is 1. The Labute approximate surface area is 158 Å². The molecule has 0 amide bonds. The molecule has 3 aromatic rings. The highest BCUT2D eigenvalue weighted by molar-refractivity contribution is 5.73. The molecule has 1 aromatic carbocycles. The Morgan fingerprint density at radius 1 is 1.07 bits per heavy atom. The predicted molar refractivity (Wildman–Crippen MR) is 101 cm³/mol. The fraction of sp³-hybridized carbons (Fsp3) is 0.286. The second-order valence-electron chi connectivity index (χ2n) is 6.36. The summed E-state index contributed by atoms with van der Waals surface area (Å²) in [6.45, 7) is 4.50. The van der Waals surface area contributed by atoms with Gasteiger partial charge in [-0.2, -0.15) is 5.10 Å². The number of hydrogen-bond acceptors (Lipinski definition) is 5. The van der Waals surface area contributed by atoms with Gasteiger partial charge in [0.2, 0.25) is 0 Å². The number of hydrogen-bond donors (Lipinski definition) is 0. The standard InChI is InChI=1S/C21H23N3O3/c1-15-20(16(2)24(3)23-15)12-21(25)27-13-17-7-9-19(10-8-17)26-14-18-6-4-5-11-22-18/h4-11H,12-14H2,1-3H3. The number of ether oxygens (including phenoxy) is 2. The summed E-state index contributed by atoms with van der Waals surface area (Å²) in [5.74, 6) is 0.488. The molecule has 0 aliphatic heterocycles. The smallest absolute Gasteiger partial charge is 0.310 e. The molecule has 0 saturated carbocycles. The average molecular weight is 365 g/mol. The van der Waals surface area contributed by atoms with Gasteiger partial charge in [0.25, 0.3) is 0 Å². The summed E-state index contributed by atoms with van der Waals surface area (Å²) in [7, 11) is 1.87. The molecule has 0 aliphatic rings. The van der Waals surface area contributed by atoms with Crippen LogP contribution in [0.3, 0.4) is 0 Å². The molecular formula is C21H23N3O3. The minimum atomic E-state index is -0.260. The van der Waals surface area contributed by atoms with Crippen LogP contribution in [-0.2, 0) is 36.2 Å². The van der Waals surface area contributed by atoms with Gasteiger partial charge in [-0.1, -0.05) is 18.2 Å². The van der Waals surface area contributed by atoms with Crippen LogP contribution in [0.2, 0.25) is 0 Å². The summed E-state index contributed by atoms with van der Waals surface area (Å²) in [6, 6.07) is 13.2. The van der Waals surface area contributed by atoms with Gasteiger partial charge in [-0.05, 0) is 43.7 Å². The van der Waals surface area contributed by atoms with Gasteiger partial charge < -0.3 is 9.47 Å². The number of rotatable bonds is 7. The summed E-state index contributed by atoms with van der Waals surface area (Å²) in [6.07, 6.45) is 1.97. The Morgan fingerprint density at radius 2 is 1.85 bits per heavy atom. The number of pyridine rings is 1. The number of nitrogens with zero attached hydrogens (tertiary/aromatic N) is 3. The van der Waals surface area contributed by atoms with Crippen molar-refractivity contribution in [2.24, 2.45) is 7.05 Å². The largest absolute Gasteiger partial charge is 0.487 e.